The fourth-order valence-corrected chi connectivity index (χ4v) is 4.95. The highest BCUT2D eigenvalue weighted by Gasteiger charge is 2.60. The number of rotatable bonds is 9. The van der Waals surface area contributed by atoms with Crippen molar-refractivity contribution in [2.45, 2.75) is 44.9 Å². The minimum atomic E-state index is -1.53. The van der Waals surface area contributed by atoms with Gasteiger partial charge in [0.2, 0.25) is 5.79 Å². The highest BCUT2D eigenvalue weighted by Crippen LogP contribution is 2.38. The van der Waals surface area contributed by atoms with Crippen molar-refractivity contribution < 1.29 is 38.1 Å². The summed E-state index contributed by atoms with van der Waals surface area (Å²) in [6.45, 7) is 5.44. The topological polar surface area (TPSA) is 97.4 Å². The summed E-state index contributed by atoms with van der Waals surface area (Å²) in [6, 6.07) is 20.6. The molecule has 0 aromatic heterocycles. The molecule has 1 saturated heterocycles. The molecule has 0 spiro atoms. The number of esters is 3. The number of ether oxygens (including phenoxy) is 5. The molecule has 4 rings (SSSR count). The lowest BCUT2D eigenvalue weighted by Crippen LogP contribution is -2.50. The second-order valence-electron chi connectivity index (χ2n) is 9.70. The maximum absolute atomic E-state index is 13.2. The van der Waals surface area contributed by atoms with E-state index in [2.05, 4.69) is 15.9 Å². The molecule has 0 aliphatic carbocycles. The van der Waals surface area contributed by atoms with E-state index in [0.29, 0.717) is 16.7 Å². The van der Waals surface area contributed by atoms with Crippen LogP contribution in [0.15, 0.2) is 72.8 Å². The van der Waals surface area contributed by atoms with Crippen molar-refractivity contribution in [3.63, 3.8) is 0 Å². The first-order chi connectivity index (χ1) is 19.2. The summed E-state index contributed by atoms with van der Waals surface area (Å²) in [5.41, 5.74) is 3.93. The van der Waals surface area contributed by atoms with Crippen molar-refractivity contribution in [2.24, 2.45) is 0 Å². The van der Waals surface area contributed by atoms with E-state index in [-0.39, 0.29) is 11.9 Å². The van der Waals surface area contributed by atoms with Crippen molar-refractivity contribution in [1.82, 2.24) is 0 Å². The van der Waals surface area contributed by atoms with E-state index in [1.54, 1.807) is 72.8 Å². The van der Waals surface area contributed by atoms with Crippen LogP contribution in [-0.2, 0) is 23.7 Å². The van der Waals surface area contributed by atoms with E-state index in [4.69, 9.17) is 23.7 Å². The number of hydrogen-bond acceptors (Lipinski definition) is 8. The van der Waals surface area contributed by atoms with Crippen LogP contribution in [0.5, 0.6) is 0 Å². The molecule has 1 heterocycles. The van der Waals surface area contributed by atoms with Crippen LogP contribution in [0.4, 0.5) is 0 Å². The highest BCUT2D eigenvalue weighted by molar-refractivity contribution is 9.09. The molecular weight excluding hydrogens is 580 g/mol. The van der Waals surface area contributed by atoms with Crippen LogP contribution in [-0.4, -0.2) is 61.1 Å². The molecule has 9 heteroatoms. The van der Waals surface area contributed by atoms with E-state index in [1.165, 1.54) is 7.11 Å². The summed E-state index contributed by atoms with van der Waals surface area (Å²) in [5.74, 6) is -3.40. The summed E-state index contributed by atoms with van der Waals surface area (Å²) in [7, 11) is 1.40. The lowest BCUT2D eigenvalue weighted by Gasteiger charge is -2.31. The molecule has 3 aromatic rings. The fourth-order valence-electron chi connectivity index (χ4n) is 4.27. The predicted molar refractivity (Wildman–Crippen MR) is 151 cm³/mol. The molecule has 1 aliphatic heterocycles. The zero-order chi connectivity index (χ0) is 28.9. The first kappa shape index (κ1) is 29.5. The maximum Gasteiger partial charge on any atom is 0.338 e. The van der Waals surface area contributed by atoms with Gasteiger partial charge in [0.1, 0.15) is 12.7 Å². The zero-order valence-electron chi connectivity index (χ0n) is 22.7. The monoisotopic (exact) mass is 610 g/mol. The molecule has 0 bridgehead atoms. The fraction of sp³-hybridized carbons (Fsp3) is 0.323. The Balaban J connectivity index is 1.62. The van der Waals surface area contributed by atoms with Crippen LogP contribution in [0.2, 0.25) is 0 Å². The quantitative estimate of drug-likeness (QED) is 0.181. The summed E-state index contributed by atoms with van der Waals surface area (Å²) >= 11 is 3.40. The van der Waals surface area contributed by atoms with Gasteiger partial charge in [-0.15, -0.1) is 0 Å². The van der Waals surface area contributed by atoms with Gasteiger partial charge in [0.15, 0.2) is 12.2 Å². The summed E-state index contributed by atoms with van der Waals surface area (Å²) < 4.78 is 29.2. The first-order valence-corrected chi connectivity index (χ1v) is 13.9. The Morgan fingerprint density at radius 1 is 0.725 bits per heavy atom. The molecule has 40 heavy (non-hydrogen) atoms. The van der Waals surface area contributed by atoms with Gasteiger partial charge in [-0.2, -0.15) is 0 Å². The van der Waals surface area contributed by atoms with E-state index < -0.39 is 42.0 Å². The molecule has 0 N–H and O–H groups in total. The van der Waals surface area contributed by atoms with E-state index in [0.717, 1.165) is 16.7 Å². The largest absolute Gasteiger partial charge is 0.459 e. The number of alkyl halides is 1. The van der Waals surface area contributed by atoms with Crippen LogP contribution in [0, 0.1) is 20.8 Å². The minimum Gasteiger partial charge on any atom is -0.459 e. The number of halogens is 1. The van der Waals surface area contributed by atoms with Crippen molar-refractivity contribution in [1.29, 1.82) is 0 Å². The number of carbonyl (C=O) groups is 3. The number of benzene rings is 3. The smallest absolute Gasteiger partial charge is 0.338 e. The molecule has 1 fully saturated rings. The Morgan fingerprint density at radius 2 is 1.15 bits per heavy atom. The first-order valence-electron chi connectivity index (χ1n) is 12.7. The van der Waals surface area contributed by atoms with Crippen LogP contribution >= 0.6 is 15.9 Å². The number of hydrogen-bond donors (Lipinski definition) is 0. The minimum absolute atomic E-state index is 0.0728. The van der Waals surface area contributed by atoms with Crippen molar-refractivity contribution in [3.8, 4) is 0 Å². The third-order valence-corrected chi connectivity index (χ3v) is 7.48. The second-order valence-corrected chi connectivity index (χ2v) is 10.3. The average molecular weight is 611 g/mol. The second kappa shape index (κ2) is 12.8. The Bertz CT molecular complexity index is 1330. The lowest BCUT2D eigenvalue weighted by molar-refractivity contribution is -0.230. The summed E-state index contributed by atoms with van der Waals surface area (Å²) in [5, 5.41) is 0.0728. The zero-order valence-corrected chi connectivity index (χ0v) is 24.3. The Hall–Kier alpha value is -3.53. The van der Waals surface area contributed by atoms with Gasteiger partial charge in [0, 0.05) is 7.11 Å². The molecule has 8 nitrogen and oxygen atoms in total. The molecule has 0 saturated carbocycles. The SMILES string of the molecule is CO[C@]1(CBr)O[C@H](COC(=O)c2ccc(C)cc2)[C@H](OC(=O)c2ccc(C)cc2)[C@H]1OC(=O)c1ccc(C)cc1. The van der Waals surface area contributed by atoms with Crippen LogP contribution in [0.3, 0.4) is 0 Å². The maximum atomic E-state index is 13.2. The van der Waals surface area contributed by atoms with Gasteiger partial charge < -0.3 is 23.7 Å². The molecular formula is C31H31BrO8. The van der Waals surface area contributed by atoms with Gasteiger partial charge in [0.05, 0.1) is 22.0 Å². The third kappa shape index (κ3) is 6.60. The van der Waals surface area contributed by atoms with Crippen LogP contribution < -0.4 is 0 Å². The van der Waals surface area contributed by atoms with E-state index in [1.807, 2.05) is 20.8 Å². The molecule has 1 aliphatic rings. The van der Waals surface area contributed by atoms with Crippen LogP contribution in [0.1, 0.15) is 47.8 Å². The average Bonchev–Trinajstić information content (AvgIpc) is 3.24. The van der Waals surface area contributed by atoms with Crippen molar-refractivity contribution in [2.75, 3.05) is 19.0 Å². The third-order valence-electron chi connectivity index (χ3n) is 6.70. The Morgan fingerprint density at radius 3 is 1.57 bits per heavy atom. The number of carbonyl (C=O) groups excluding carboxylic acids is 3. The molecule has 210 valence electrons. The van der Waals surface area contributed by atoms with Gasteiger partial charge in [-0.3, -0.25) is 0 Å². The highest BCUT2D eigenvalue weighted by atomic mass is 79.9. The van der Waals surface area contributed by atoms with Gasteiger partial charge in [-0.1, -0.05) is 69.0 Å². The molecule has 0 unspecified atom stereocenters. The van der Waals surface area contributed by atoms with Gasteiger partial charge in [-0.25, -0.2) is 14.4 Å². The summed E-state index contributed by atoms with van der Waals surface area (Å²) in [6.07, 6.45) is -3.35. The van der Waals surface area contributed by atoms with Gasteiger partial charge in [0.25, 0.3) is 0 Å². The molecule has 3 aromatic carbocycles. The van der Waals surface area contributed by atoms with Crippen LogP contribution in [0.25, 0.3) is 0 Å². The standard InChI is InChI=1S/C31H31BrO8/c1-19-5-11-22(12-6-19)28(33)37-17-25-26(38-29(34)23-13-7-20(2)8-14-23)27(31(18-32,36-4)40-25)39-30(35)24-15-9-21(3)10-16-24/h5-16,25-27H,17-18H2,1-4H3/t25-,26+,27-,31-/m1/s1. The molecule has 0 radical (unpaired) electrons. The summed E-state index contributed by atoms with van der Waals surface area (Å²) in [4.78, 5) is 39.1. The van der Waals surface area contributed by atoms with Gasteiger partial charge in [-0.05, 0) is 57.2 Å². The van der Waals surface area contributed by atoms with Gasteiger partial charge >= 0.3 is 17.9 Å². The molecule has 4 atom stereocenters. The van der Waals surface area contributed by atoms with Crippen molar-refractivity contribution in [3.05, 3.63) is 106 Å². The Labute approximate surface area is 241 Å². The normalized spacial score (nSPS) is 22.0. The Kier molecular flexibility index (Phi) is 9.40. The molecule has 0 amide bonds. The van der Waals surface area contributed by atoms with E-state index in [9.17, 15) is 14.4 Å². The number of aryl methyl sites for hydroxylation is 3. The van der Waals surface area contributed by atoms with E-state index >= 15 is 0 Å². The number of methoxy groups -OCH3 is 1. The lowest BCUT2D eigenvalue weighted by atomic mass is 10.0. The predicted octanol–water partition coefficient (Wildman–Crippen LogP) is 5.36. The van der Waals surface area contributed by atoms with Crippen molar-refractivity contribution >= 4 is 33.8 Å².